The minimum Gasteiger partial charge on any atom is -0.237 e. The van der Waals surface area contributed by atoms with Gasteiger partial charge in [-0.25, -0.2) is 9.13 Å². The molecule has 150 valence electrons. The summed E-state index contributed by atoms with van der Waals surface area (Å²) < 4.78 is 4.70. The molecule has 2 nitrogen and oxygen atoms in total. The third-order valence-corrected chi connectivity index (χ3v) is 5.66. The van der Waals surface area contributed by atoms with Crippen LogP contribution < -0.4 is 4.57 Å². The average molecular weight is 370 g/mol. The van der Waals surface area contributed by atoms with Gasteiger partial charge in [-0.05, 0) is 12.0 Å². The van der Waals surface area contributed by atoms with Crippen molar-refractivity contribution in [2.24, 2.45) is 7.05 Å². The molecule has 0 aliphatic heterocycles. The molecule has 2 aromatic rings. The van der Waals surface area contributed by atoms with Crippen LogP contribution in [0.5, 0.6) is 0 Å². The van der Waals surface area contributed by atoms with Gasteiger partial charge in [-0.1, -0.05) is 108 Å². The van der Waals surface area contributed by atoms with Crippen LogP contribution in [0.15, 0.2) is 42.7 Å². The smallest absolute Gasteiger partial charge is 0.237 e. The fourth-order valence-corrected chi connectivity index (χ4v) is 3.92. The Labute approximate surface area is 167 Å². The zero-order valence-electron chi connectivity index (χ0n) is 17.8. The number of nitrogens with zero attached hydrogens (tertiary/aromatic N) is 2. The van der Waals surface area contributed by atoms with Crippen molar-refractivity contribution >= 4 is 0 Å². The third-order valence-electron chi connectivity index (χ3n) is 5.66. The Balaban J connectivity index is 1.55. The summed E-state index contributed by atoms with van der Waals surface area (Å²) in [6.45, 7) is 3.27. The van der Waals surface area contributed by atoms with E-state index in [1.54, 1.807) is 0 Å². The molecule has 1 heterocycles. The van der Waals surface area contributed by atoms with Crippen molar-refractivity contribution in [1.29, 1.82) is 0 Å². The molecule has 0 radical (unpaired) electrons. The number of rotatable bonds is 15. The van der Waals surface area contributed by atoms with E-state index in [1.165, 1.54) is 94.9 Å². The van der Waals surface area contributed by atoms with Gasteiger partial charge in [0.05, 0.1) is 7.05 Å². The first kappa shape index (κ1) is 21.7. The highest BCUT2D eigenvalue weighted by Gasteiger charge is 2.14. The van der Waals surface area contributed by atoms with Crippen LogP contribution in [0.1, 0.15) is 95.4 Å². The number of imidazole rings is 1. The van der Waals surface area contributed by atoms with Crippen molar-refractivity contribution in [1.82, 2.24) is 4.57 Å². The number of hydrogen-bond donors (Lipinski definition) is 0. The molecule has 0 saturated carbocycles. The molecule has 0 atom stereocenters. The summed E-state index contributed by atoms with van der Waals surface area (Å²) in [6, 6.07) is 10.8. The van der Waals surface area contributed by atoms with E-state index in [0.29, 0.717) is 0 Å². The monoisotopic (exact) mass is 369 g/mol. The Hall–Kier alpha value is -1.57. The zero-order chi connectivity index (χ0) is 19.2. The first-order chi connectivity index (χ1) is 13.3. The number of aromatic nitrogens is 2. The molecule has 2 rings (SSSR count). The number of hydrogen-bond acceptors (Lipinski definition) is 0. The molecule has 27 heavy (non-hydrogen) atoms. The molecular weight excluding hydrogens is 328 g/mol. The van der Waals surface area contributed by atoms with E-state index >= 15 is 0 Å². The molecule has 0 aliphatic rings. The van der Waals surface area contributed by atoms with Crippen LogP contribution in [0.4, 0.5) is 0 Å². The van der Waals surface area contributed by atoms with Crippen molar-refractivity contribution in [2.45, 2.75) is 96.9 Å². The molecule has 2 heteroatoms. The van der Waals surface area contributed by atoms with Crippen molar-refractivity contribution in [2.75, 3.05) is 0 Å². The molecule has 0 fully saturated rings. The van der Waals surface area contributed by atoms with Crippen LogP contribution in [0, 0.1) is 0 Å². The Morgan fingerprint density at radius 1 is 0.741 bits per heavy atom. The largest absolute Gasteiger partial charge is 0.256 e. The molecule has 0 saturated heterocycles. The zero-order valence-corrected chi connectivity index (χ0v) is 17.8. The number of unbranched alkanes of at least 4 members (excludes halogenated alkanes) is 11. The summed E-state index contributed by atoms with van der Waals surface area (Å²) >= 11 is 0. The van der Waals surface area contributed by atoms with E-state index < -0.39 is 0 Å². The van der Waals surface area contributed by atoms with E-state index in [4.69, 9.17) is 0 Å². The van der Waals surface area contributed by atoms with E-state index in [1.807, 2.05) is 0 Å². The summed E-state index contributed by atoms with van der Waals surface area (Å²) in [5.41, 5.74) is 1.38. The van der Waals surface area contributed by atoms with Gasteiger partial charge < -0.3 is 0 Å². The van der Waals surface area contributed by atoms with Gasteiger partial charge in [0.1, 0.15) is 18.9 Å². The maximum absolute atomic E-state index is 2.41. The first-order valence-electron chi connectivity index (χ1n) is 11.4. The van der Waals surface area contributed by atoms with Crippen LogP contribution in [0.2, 0.25) is 0 Å². The SMILES string of the molecule is CCCCCCCCCCCCCCc1n(Cc2ccccc2)cc[n+]1C. The Kier molecular flexibility index (Phi) is 10.9. The highest BCUT2D eigenvalue weighted by atomic mass is 15.1. The predicted molar refractivity (Wildman–Crippen MR) is 116 cm³/mol. The fourth-order valence-electron chi connectivity index (χ4n) is 3.92. The van der Waals surface area contributed by atoms with Crippen LogP contribution in [0.3, 0.4) is 0 Å². The number of aryl methyl sites for hydroxylation is 1. The van der Waals surface area contributed by atoms with Gasteiger partial charge in [0.2, 0.25) is 0 Å². The van der Waals surface area contributed by atoms with Crippen molar-refractivity contribution in [3.8, 4) is 0 Å². The van der Waals surface area contributed by atoms with Crippen LogP contribution in [-0.4, -0.2) is 4.57 Å². The molecule has 0 bridgehead atoms. The predicted octanol–water partition coefficient (Wildman–Crippen LogP) is 6.60. The minimum atomic E-state index is 0.981. The molecule has 0 N–H and O–H groups in total. The van der Waals surface area contributed by atoms with Gasteiger partial charge in [-0.2, -0.15) is 0 Å². The van der Waals surface area contributed by atoms with Gasteiger partial charge >= 0.3 is 0 Å². The highest BCUT2D eigenvalue weighted by Crippen LogP contribution is 2.13. The second-order valence-electron chi connectivity index (χ2n) is 8.08. The third kappa shape index (κ3) is 8.77. The Morgan fingerprint density at radius 2 is 1.30 bits per heavy atom. The lowest BCUT2D eigenvalue weighted by Crippen LogP contribution is -2.32. The van der Waals surface area contributed by atoms with Gasteiger partial charge in [0.15, 0.2) is 0 Å². The summed E-state index contributed by atoms with van der Waals surface area (Å²) in [7, 11) is 2.18. The lowest BCUT2D eigenvalue weighted by molar-refractivity contribution is -0.678. The van der Waals surface area contributed by atoms with E-state index in [-0.39, 0.29) is 0 Å². The Bertz CT molecular complexity index is 600. The standard InChI is InChI=1S/C25H41N2/c1-3-4-5-6-7-8-9-10-11-12-13-17-20-25-26(2)21-22-27(25)23-24-18-15-14-16-19-24/h14-16,18-19,21-22H,3-13,17,20,23H2,1-2H3/q+1. The van der Waals surface area contributed by atoms with E-state index in [9.17, 15) is 0 Å². The van der Waals surface area contributed by atoms with Crippen molar-refractivity contribution < 1.29 is 4.57 Å². The molecule has 1 aromatic heterocycles. The lowest BCUT2D eigenvalue weighted by atomic mass is 10.0. The summed E-state index contributed by atoms with van der Waals surface area (Å²) in [6.07, 6.45) is 22.6. The van der Waals surface area contributed by atoms with Crippen LogP contribution >= 0.6 is 0 Å². The second-order valence-corrected chi connectivity index (χ2v) is 8.08. The molecule has 0 unspecified atom stereocenters. The summed E-state index contributed by atoms with van der Waals surface area (Å²) in [4.78, 5) is 0. The maximum atomic E-state index is 2.41. The van der Waals surface area contributed by atoms with Gasteiger partial charge in [-0.15, -0.1) is 0 Å². The maximum Gasteiger partial charge on any atom is 0.256 e. The van der Waals surface area contributed by atoms with E-state index in [0.717, 1.165) is 6.54 Å². The van der Waals surface area contributed by atoms with Gasteiger partial charge in [0.25, 0.3) is 5.82 Å². The van der Waals surface area contributed by atoms with Crippen LogP contribution in [0.25, 0.3) is 0 Å². The summed E-state index contributed by atoms with van der Waals surface area (Å²) in [5, 5.41) is 0. The topological polar surface area (TPSA) is 8.81 Å². The van der Waals surface area contributed by atoms with E-state index in [2.05, 4.69) is 65.8 Å². The number of benzene rings is 1. The molecule has 1 aromatic carbocycles. The van der Waals surface area contributed by atoms with Crippen LogP contribution in [-0.2, 0) is 20.0 Å². The minimum absolute atomic E-state index is 0.981. The fraction of sp³-hybridized carbons (Fsp3) is 0.640. The molecule has 0 amide bonds. The second kappa shape index (κ2) is 13.6. The first-order valence-corrected chi connectivity index (χ1v) is 11.4. The molecule has 0 aliphatic carbocycles. The highest BCUT2D eigenvalue weighted by molar-refractivity contribution is 5.15. The van der Waals surface area contributed by atoms with Crippen molar-refractivity contribution in [3.05, 3.63) is 54.1 Å². The summed E-state index contributed by atoms with van der Waals surface area (Å²) in [5.74, 6) is 1.45. The quantitative estimate of drug-likeness (QED) is 0.247. The van der Waals surface area contributed by atoms with Gasteiger partial charge in [0, 0.05) is 6.42 Å². The lowest BCUT2D eigenvalue weighted by Gasteiger charge is -2.05. The Morgan fingerprint density at radius 3 is 1.89 bits per heavy atom. The normalized spacial score (nSPS) is 11.2. The molecular formula is C25H41N2+. The molecule has 0 spiro atoms. The van der Waals surface area contributed by atoms with Gasteiger partial charge in [-0.3, -0.25) is 0 Å². The van der Waals surface area contributed by atoms with Crippen molar-refractivity contribution in [3.63, 3.8) is 0 Å². The average Bonchev–Trinajstić information content (AvgIpc) is 3.03.